The molecule has 98 valence electrons. The van der Waals surface area contributed by atoms with E-state index in [-0.39, 0.29) is 0 Å². The van der Waals surface area contributed by atoms with Crippen molar-refractivity contribution in [2.45, 2.75) is 37.5 Å². The third kappa shape index (κ3) is 4.22. The van der Waals surface area contributed by atoms with E-state index in [2.05, 4.69) is 13.5 Å². The molecule has 1 rings (SSSR count). The first-order valence-electron chi connectivity index (χ1n) is 6.29. The van der Waals surface area contributed by atoms with Gasteiger partial charge in [-0.2, -0.15) is 0 Å². The first-order valence-corrected chi connectivity index (χ1v) is 7.28. The highest BCUT2D eigenvalue weighted by atomic mass is 32.2. The van der Waals surface area contributed by atoms with Crippen LogP contribution in [0.3, 0.4) is 0 Å². The van der Waals surface area contributed by atoms with E-state index < -0.39 is 5.97 Å². The number of allylic oxidation sites excluding steroid dienone is 1. The number of hydrogen-bond donors (Lipinski definition) is 1. The summed E-state index contributed by atoms with van der Waals surface area (Å²) in [6.45, 7) is 5.88. The van der Waals surface area contributed by atoms with Crippen LogP contribution in [0.15, 0.2) is 35.7 Å². The van der Waals surface area contributed by atoms with E-state index in [1.807, 2.05) is 12.1 Å². The normalized spacial score (nSPS) is 10.3. The summed E-state index contributed by atoms with van der Waals surface area (Å²) in [5.41, 5.74) is 1.29. The van der Waals surface area contributed by atoms with Crippen LogP contribution in [0.2, 0.25) is 0 Å². The summed E-state index contributed by atoms with van der Waals surface area (Å²) in [5, 5.41) is 9.18. The number of carboxylic acid groups (broad SMARTS) is 1. The van der Waals surface area contributed by atoms with Gasteiger partial charge >= 0.3 is 5.97 Å². The average Bonchev–Trinajstić information content (AvgIpc) is 2.36. The third-order valence-electron chi connectivity index (χ3n) is 2.72. The molecule has 0 fully saturated rings. The van der Waals surface area contributed by atoms with Crippen LogP contribution in [0.25, 0.3) is 0 Å². The van der Waals surface area contributed by atoms with Crippen molar-refractivity contribution in [3.63, 3.8) is 0 Å². The third-order valence-corrected chi connectivity index (χ3v) is 3.90. The second-order valence-electron chi connectivity index (χ2n) is 4.14. The van der Waals surface area contributed by atoms with Gasteiger partial charge in [0.25, 0.3) is 0 Å². The quantitative estimate of drug-likeness (QED) is 0.429. The zero-order chi connectivity index (χ0) is 13.4. The van der Waals surface area contributed by atoms with Crippen LogP contribution in [0.4, 0.5) is 0 Å². The number of carboxylic acids is 1. The molecule has 0 unspecified atom stereocenters. The standard InChI is InChI=1S/C15H20O2S/c1-3-5-6-11-18-14-10-7-9-13(15(16)17)12(14)8-4-2/h4,7,9-10H,2-3,5-6,8,11H2,1H3,(H,16,17). The molecule has 0 aliphatic heterocycles. The lowest BCUT2D eigenvalue weighted by Gasteiger charge is -2.10. The molecule has 1 N–H and O–H groups in total. The molecule has 2 nitrogen and oxygen atoms in total. The van der Waals surface area contributed by atoms with E-state index in [1.165, 1.54) is 19.3 Å². The Bertz CT molecular complexity index is 413. The van der Waals surface area contributed by atoms with E-state index in [0.717, 1.165) is 16.2 Å². The van der Waals surface area contributed by atoms with E-state index in [9.17, 15) is 9.90 Å². The van der Waals surface area contributed by atoms with Gasteiger partial charge < -0.3 is 5.11 Å². The summed E-state index contributed by atoms with van der Waals surface area (Å²) in [4.78, 5) is 12.3. The monoisotopic (exact) mass is 264 g/mol. The van der Waals surface area contributed by atoms with Crippen molar-refractivity contribution in [1.82, 2.24) is 0 Å². The molecule has 0 atom stereocenters. The molecule has 1 aromatic carbocycles. The van der Waals surface area contributed by atoms with Gasteiger partial charge in [-0.3, -0.25) is 0 Å². The number of rotatable bonds is 8. The fraction of sp³-hybridized carbons (Fsp3) is 0.400. The molecule has 0 aliphatic rings. The zero-order valence-electron chi connectivity index (χ0n) is 10.8. The Morgan fingerprint density at radius 2 is 2.22 bits per heavy atom. The SMILES string of the molecule is C=CCc1c(SCCCCC)cccc1C(=O)O. The summed E-state index contributed by atoms with van der Waals surface area (Å²) in [5.74, 6) is 0.184. The highest BCUT2D eigenvalue weighted by Crippen LogP contribution is 2.27. The molecule has 0 spiro atoms. The Kier molecular flexibility index (Phi) is 6.58. The van der Waals surface area contributed by atoms with Gasteiger partial charge in [-0.1, -0.05) is 31.9 Å². The maximum atomic E-state index is 11.2. The lowest BCUT2D eigenvalue weighted by atomic mass is 10.0. The molecule has 0 aliphatic carbocycles. The van der Waals surface area contributed by atoms with Gasteiger partial charge in [0, 0.05) is 4.90 Å². The van der Waals surface area contributed by atoms with E-state index in [1.54, 1.807) is 23.9 Å². The lowest BCUT2D eigenvalue weighted by molar-refractivity contribution is 0.0695. The first kappa shape index (κ1) is 14.8. The highest BCUT2D eigenvalue weighted by molar-refractivity contribution is 7.99. The summed E-state index contributed by atoms with van der Waals surface area (Å²) in [7, 11) is 0. The molecule has 0 aromatic heterocycles. The fourth-order valence-electron chi connectivity index (χ4n) is 1.79. The van der Waals surface area contributed by atoms with Gasteiger partial charge in [-0.25, -0.2) is 4.79 Å². The summed E-state index contributed by atoms with van der Waals surface area (Å²) < 4.78 is 0. The van der Waals surface area contributed by atoms with Crippen LogP contribution in [0, 0.1) is 0 Å². The van der Waals surface area contributed by atoms with Crippen LogP contribution in [0.1, 0.15) is 42.1 Å². The van der Waals surface area contributed by atoms with E-state index in [4.69, 9.17) is 0 Å². The minimum absolute atomic E-state index is 0.399. The van der Waals surface area contributed by atoms with Crippen LogP contribution in [-0.4, -0.2) is 16.8 Å². The van der Waals surface area contributed by atoms with Gasteiger partial charge in [0.15, 0.2) is 0 Å². The van der Waals surface area contributed by atoms with E-state index in [0.29, 0.717) is 12.0 Å². The molecule has 1 aromatic rings. The highest BCUT2D eigenvalue weighted by Gasteiger charge is 2.12. The largest absolute Gasteiger partial charge is 0.478 e. The predicted octanol–water partition coefficient (Wildman–Crippen LogP) is 4.40. The average molecular weight is 264 g/mol. The molecular formula is C15H20O2S. The van der Waals surface area contributed by atoms with Crippen molar-refractivity contribution in [3.05, 3.63) is 42.0 Å². The molecule has 3 heteroatoms. The number of benzene rings is 1. The second-order valence-corrected chi connectivity index (χ2v) is 5.27. The van der Waals surface area contributed by atoms with E-state index >= 15 is 0 Å². The summed E-state index contributed by atoms with van der Waals surface area (Å²) in [6.07, 6.45) is 5.97. The van der Waals surface area contributed by atoms with Gasteiger partial charge in [0.2, 0.25) is 0 Å². The Hall–Kier alpha value is -1.22. The Balaban J connectivity index is 2.85. The topological polar surface area (TPSA) is 37.3 Å². The number of aromatic carboxylic acids is 1. The molecule has 18 heavy (non-hydrogen) atoms. The predicted molar refractivity (Wildman–Crippen MR) is 77.6 cm³/mol. The fourth-order valence-corrected chi connectivity index (χ4v) is 2.90. The van der Waals surface area contributed by atoms with Crippen molar-refractivity contribution >= 4 is 17.7 Å². The Morgan fingerprint density at radius 1 is 1.44 bits per heavy atom. The molecule has 0 heterocycles. The maximum Gasteiger partial charge on any atom is 0.336 e. The zero-order valence-corrected chi connectivity index (χ0v) is 11.6. The lowest BCUT2D eigenvalue weighted by Crippen LogP contribution is -2.03. The summed E-state index contributed by atoms with van der Waals surface area (Å²) in [6, 6.07) is 5.48. The minimum atomic E-state index is -0.858. The van der Waals surface area contributed by atoms with Crippen molar-refractivity contribution in [1.29, 1.82) is 0 Å². The first-order chi connectivity index (χ1) is 8.70. The smallest absolute Gasteiger partial charge is 0.336 e. The molecular weight excluding hydrogens is 244 g/mol. The van der Waals surface area contributed by atoms with Crippen molar-refractivity contribution < 1.29 is 9.90 Å². The molecule has 0 saturated carbocycles. The molecule has 0 radical (unpaired) electrons. The minimum Gasteiger partial charge on any atom is -0.478 e. The van der Waals surface area contributed by atoms with Crippen LogP contribution >= 0.6 is 11.8 Å². The number of carbonyl (C=O) groups is 1. The van der Waals surface area contributed by atoms with Crippen LogP contribution in [-0.2, 0) is 6.42 Å². The number of thioether (sulfide) groups is 1. The number of hydrogen-bond acceptors (Lipinski definition) is 2. The van der Waals surface area contributed by atoms with Gasteiger partial charge in [0.05, 0.1) is 5.56 Å². The Morgan fingerprint density at radius 3 is 2.83 bits per heavy atom. The number of unbranched alkanes of at least 4 members (excludes halogenated alkanes) is 2. The van der Waals surface area contributed by atoms with Crippen molar-refractivity contribution in [3.8, 4) is 0 Å². The van der Waals surface area contributed by atoms with Crippen LogP contribution < -0.4 is 0 Å². The van der Waals surface area contributed by atoms with Gasteiger partial charge in [-0.15, -0.1) is 18.3 Å². The second kappa shape index (κ2) is 7.98. The molecule has 0 bridgehead atoms. The maximum absolute atomic E-state index is 11.2. The van der Waals surface area contributed by atoms with Gasteiger partial charge in [0.1, 0.15) is 0 Å². The van der Waals surface area contributed by atoms with Gasteiger partial charge in [-0.05, 0) is 36.3 Å². The Labute approximate surface area is 113 Å². The van der Waals surface area contributed by atoms with Crippen molar-refractivity contribution in [2.24, 2.45) is 0 Å². The van der Waals surface area contributed by atoms with Crippen LogP contribution in [0.5, 0.6) is 0 Å². The van der Waals surface area contributed by atoms with Crippen molar-refractivity contribution in [2.75, 3.05) is 5.75 Å². The summed E-state index contributed by atoms with van der Waals surface area (Å²) >= 11 is 1.75. The molecule has 0 amide bonds. The molecule has 0 saturated heterocycles.